The number of hydrogen-bond acceptors (Lipinski definition) is 4. The zero-order valence-electron chi connectivity index (χ0n) is 11.1. The first kappa shape index (κ1) is 14.0. The Morgan fingerprint density at radius 3 is 2.79 bits per heavy atom. The Morgan fingerprint density at radius 2 is 2.16 bits per heavy atom. The van der Waals surface area contributed by atoms with Crippen molar-refractivity contribution in [3.05, 3.63) is 18.7 Å². The summed E-state index contributed by atoms with van der Waals surface area (Å²) in [5, 5.41) is 8.56. The molecule has 6 nitrogen and oxygen atoms in total. The third kappa shape index (κ3) is 5.00. The highest BCUT2D eigenvalue weighted by atomic mass is 16.5. The zero-order chi connectivity index (χ0) is 13.5. The van der Waals surface area contributed by atoms with Crippen LogP contribution in [0.4, 0.5) is 0 Å². The molecule has 6 heteroatoms. The van der Waals surface area contributed by atoms with Crippen LogP contribution in [0.3, 0.4) is 0 Å². The fourth-order valence-corrected chi connectivity index (χ4v) is 2.38. The molecule has 2 rings (SSSR count). The predicted octanol–water partition coefficient (Wildman–Crippen LogP) is 0.839. The number of imidazole rings is 1. The van der Waals surface area contributed by atoms with E-state index in [0.717, 1.165) is 45.4 Å². The lowest BCUT2D eigenvalue weighted by molar-refractivity contribution is -0.145. The maximum atomic E-state index is 10.4. The molecule has 1 aliphatic rings. The van der Waals surface area contributed by atoms with E-state index in [0.29, 0.717) is 0 Å². The van der Waals surface area contributed by atoms with Gasteiger partial charge in [-0.05, 0) is 25.8 Å². The molecular weight excluding hydrogens is 246 g/mol. The number of carbonyl (C=O) groups is 1. The van der Waals surface area contributed by atoms with Gasteiger partial charge >= 0.3 is 5.97 Å². The molecule has 0 unspecified atom stereocenters. The van der Waals surface area contributed by atoms with Crippen molar-refractivity contribution in [1.82, 2.24) is 14.5 Å². The molecule has 1 aromatic heterocycles. The highest BCUT2D eigenvalue weighted by Crippen LogP contribution is 2.13. The average molecular weight is 267 g/mol. The van der Waals surface area contributed by atoms with Crippen molar-refractivity contribution < 1.29 is 14.6 Å². The maximum absolute atomic E-state index is 10.4. The number of piperidine rings is 1. The molecule has 2 heterocycles. The summed E-state index contributed by atoms with van der Waals surface area (Å²) in [6, 6.07) is 0. The number of carboxylic acids is 1. The van der Waals surface area contributed by atoms with E-state index in [1.54, 1.807) is 6.20 Å². The van der Waals surface area contributed by atoms with Gasteiger partial charge in [0.25, 0.3) is 0 Å². The minimum absolute atomic E-state index is 0.112. The quantitative estimate of drug-likeness (QED) is 0.793. The van der Waals surface area contributed by atoms with Crippen molar-refractivity contribution in [1.29, 1.82) is 0 Å². The fraction of sp³-hybridized carbons (Fsp3) is 0.692. The van der Waals surface area contributed by atoms with Gasteiger partial charge in [0, 0.05) is 32.0 Å². The number of aromatic nitrogens is 2. The molecule has 0 atom stereocenters. The largest absolute Gasteiger partial charge is 0.480 e. The molecule has 1 aromatic rings. The Labute approximate surface area is 113 Å². The van der Waals surface area contributed by atoms with Gasteiger partial charge in [-0.2, -0.15) is 0 Å². The van der Waals surface area contributed by atoms with Crippen molar-refractivity contribution in [3.8, 4) is 0 Å². The van der Waals surface area contributed by atoms with E-state index in [-0.39, 0.29) is 12.7 Å². The van der Waals surface area contributed by atoms with E-state index in [2.05, 4.69) is 14.5 Å². The third-order valence-electron chi connectivity index (χ3n) is 3.43. The lowest BCUT2D eigenvalue weighted by Crippen LogP contribution is -2.38. The second-order valence-electron chi connectivity index (χ2n) is 4.90. The molecule has 106 valence electrons. The van der Waals surface area contributed by atoms with Gasteiger partial charge in [0.1, 0.15) is 6.61 Å². The number of aliphatic carboxylic acids is 1. The maximum Gasteiger partial charge on any atom is 0.329 e. The Hall–Kier alpha value is -1.40. The topological polar surface area (TPSA) is 67.6 Å². The van der Waals surface area contributed by atoms with Gasteiger partial charge in [-0.25, -0.2) is 9.78 Å². The van der Waals surface area contributed by atoms with Crippen LogP contribution in [0, 0.1) is 0 Å². The Balaban J connectivity index is 1.57. The van der Waals surface area contributed by atoms with Crippen LogP contribution in [0.1, 0.15) is 19.3 Å². The van der Waals surface area contributed by atoms with E-state index in [4.69, 9.17) is 9.84 Å². The summed E-state index contributed by atoms with van der Waals surface area (Å²) in [6.07, 6.45) is 8.69. The first-order chi connectivity index (χ1) is 9.24. The standard InChI is InChI=1S/C13H21N3O3/c17-13(18)10-19-12-2-7-15(8-3-12)5-1-6-16-9-4-14-11-16/h4,9,11-12H,1-3,5-8,10H2,(H,17,18). The van der Waals surface area contributed by atoms with E-state index < -0.39 is 5.97 Å². The van der Waals surface area contributed by atoms with Crippen LogP contribution in [0.15, 0.2) is 18.7 Å². The van der Waals surface area contributed by atoms with Gasteiger partial charge in [0.15, 0.2) is 0 Å². The summed E-state index contributed by atoms with van der Waals surface area (Å²) in [7, 11) is 0. The molecule has 0 aromatic carbocycles. The SMILES string of the molecule is O=C(O)COC1CCN(CCCn2ccnc2)CC1. The smallest absolute Gasteiger partial charge is 0.329 e. The second kappa shape index (κ2) is 7.25. The van der Waals surface area contributed by atoms with E-state index in [1.165, 1.54) is 0 Å². The number of carboxylic acid groups (broad SMARTS) is 1. The zero-order valence-corrected chi connectivity index (χ0v) is 11.1. The number of likely N-dealkylation sites (tertiary alicyclic amines) is 1. The van der Waals surface area contributed by atoms with E-state index in [9.17, 15) is 4.79 Å². The third-order valence-corrected chi connectivity index (χ3v) is 3.43. The summed E-state index contributed by atoms with van der Waals surface area (Å²) in [5.41, 5.74) is 0. The number of hydrogen-bond donors (Lipinski definition) is 1. The van der Waals surface area contributed by atoms with Gasteiger partial charge in [-0.3, -0.25) is 0 Å². The van der Waals surface area contributed by atoms with Crippen LogP contribution in [-0.2, 0) is 16.1 Å². The van der Waals surface area contributed by atoms with Gasteiger partial charge in [0.05, 0.1) is 12.4 Å². The normalized spacial score (nSPS) is 17.7. The summed E-state index contributed by atoms with van der Waals surface area (Å²) in [6.45, 7) is 3.88. The summed E-state index contributed by atoms with van der Waals surface area (Å²) >= 11 is 0. The number of ether oxygens (including phenoxy) is 1. The van der Waals surface area contributed by atoms with Gasteiger partial charge in [-0.1, -0.05) is 0 Å². The lowest BCUT2D eigenvalue weighted by Gasteiger charge is -2.31. The van der Waals surface area contributed by atoms with Crippen molar-refractivity contribution in [3.63, 3.8) is 0 Å². The Morgan fingerprint density at radius 1 is 1.37 bits per heavy atom. The Bertz CT molecular complexity index is 372. The monoisotopic (exact) mass is 267 g/mol. The predicted molar refractivity (Wildman–Crippen MR) is 69.9 cm³/mol. The summed E-state index contributed by atoms with van der Waals surface area (Å²) in [4.78, 5) is 16.8. The highest BCUT2D eigenvalue weighted by molar-refractivity contribution is 5.68. The first-order valence-corrected chi connectivity index (χ1v) is 6.75. The van der Waals surface area contributed by atoms with Crippen LogP contribution in [0.5, 0.6) is 0 Å². The first-order valence-electron chi connectivity index (χ1n) is 6.75. The van der Waals surface area contributed by atoms with Crippen LogP contribution >= 0.6 is 0 Å². The van der Waals surface area contributed by atoms with Crippen LogP contribution in [0.2, 0.25) is 0 Å². The minimum Gasteiger partial charge on any atom is -0.480 e. The lowest BCUT2D eigenvalue weighted by atomic mass is 10.1. The molecule has 0 radical (unpaired) electrons. The fourth-order valence-electron chi connectivity index (χ4n) is 2.38. The van der Waals surface area contributed by atoms with Crippen molar-refractivity contribution in [2.45, 2.75) is 31.9 Å². The van der Waals surface area contributed by atoms with Crippen LogP contribution in [0.25, 0.3) is 0 Å². The van der Waals surface area contributed by atoms with Gasteiger partial charge in [-0.15, -0.1) is 0 Å². The number of nitrogens with zero attached hydrogens (tertiary/aromatic N) is 3. The molecule has 1 N–H and O–H groups in total. The molecule has 0 bridgehead atoms. The van der Waals surface area contributed by atoms with Crippen molar-refractivity contribution >= 4 is 5.97 Å². The molecule has 19 heavy (non-hydrogen) atoms. The summed E-state index contributed by atoms with van der Waals surface area (Å²) < 4.78 is 7.40. The molecule has 0 aliphatic carbocycles. The van der Waals surface area contributed by atoms with E-state index in [1.807, 2.05) is 12.5 Å². The molecule has 0 saturated carbocycles. The van der Waals surface area contributed by atoms with Gasteiger partial charge in [0.2, 0.25) is 0 Å². The van der Waals surface area contributed by atoms with Gasteiger partial charge < -0.3 is 19.3 Å². The molecule has 1 aliphatic heterocycles. The Kier molecular flexibility index (Phi) is 5.35. The van der Waals surface area contributed by atoms with Crippen molar-refractivity contribution in [2.75, 3.05) is 26.2 Å². The average Bonchev–Trinajstić information content (AvgIpc) is 2.91. The number of aryl methyl sites for hydroxylation is 1. The highest BCUT2D eigenvalue weighted by Gasteiger charge is 2.19. The minimum atomic E-state index is -0.886. The van der Waals surface area contributed by atoms with Crippen molar-refractivity contribution in [2.24, 2.45) is 0 Å². The molecule has 1 fully saturated rings. The van der Waals surface area contributed by atoms with Crippen LogP contribution < -0.4 is 0 Å². The number of rotatable bonds is 7. The summed E-state index contributed by atoms with van der Waals surface area (Å²) in [5.74, 6) is -0.886. The molecule has 0 amide bonds. The molecular formula is C13H21N3O3. The second-order valence-corrected chi connectivity index (χ2v) is 4.90. The molecule has 1 saturated heterocycles. The van der Waals surface area contributed by atoms with Crippen LogP contribution in [-0.4, -0.2) is 57.9 Å². The molecule has 0 spiro atoms. The van der Waals surface area contributed by atoms with E-state index >= 15 is 0 Å².